The van der Waals surface area contributed by atoms with E-state index in [0.717, 1.165) is 35.8 Å². The summed E-state index contributed by atoms with van der Waals surface area (Å²) in [6, 6.07) is 11.7. The highest BCUT2D eigenvalue weighted by atomic mass is 35.5. The van der Waals surface area contributed by atoms with E-state index in [9.17, 15) is 13.2 Å². The second-order valence-electron chi connectivity index (χ2n) is 8.40. The smallest absolute Gasteiger partial charge is 0.244 e. The van der Waals surface area contributed by atoms with Crippen LogP contribution in [0.15, 0.2) is 42.5 Å². The van der Waals surface area contributed by atoms with E-state index < -0.39 is 16.1 Å². The lowest BCUT2D eigenvalue weighted by atomic mass is 10.0. The molecule has 1 atom stereocenters. The number of anilines is 1. The van der Waals surface area contributed by atoms with Crippen molar-refractivity contribution in [2.75, 3.05) is 23.7 Å². The van der Waals surface area contributed by atoms with Crippen molar-refractivity contribution in [2.45, 2.75) is 51.7 Å². The molecule has 1 aliphatic heterocycles. The van der Waals surface area contributed by atoms with Gasteiger partial charge in [-0.25, -0.2) is 8.42 Å². The maximum atomic E-state index is 13.2. The summed E-state index contributed by atoms with van der Waals surface area (Å²) >= 11 is 12.1. The molecule has 1 saturated heterocycles. The summed E-state index contributed by atoms with van der Waals surface area (Å²) < 4.78 is 26.4. The van der Waals surface area contributed by atoms with Crippen LogP contribution in [0.4, 0.5) is 5.69 Å². The third kappa shape index (κ3) is 6.85. The quantitative estimate of drug-likeness (QED) is 0.522. The average Bonchev–Trinajstić information content (AvgIpc) is 2.78. The molecular weight excluding hydrogens is 481 g/mol. The van der Waals surface area contributed by atoms with Crippen LogP contribution in [0, 0.1) is 0 Å². The number of piperidine rings is 1. The third-order valence-corrected chi connectivity index (χ3v) is 7.82. The molecule has 1 amide bonds. The van der Waals surface area contributed by atoms with E-state index >= 15 is 0 Å². The highest BCUT2D eigenvalue weighted by molar-refractivity contribution is 7.92. The molecule has 2 aromatic carbocycles. The fourth-order valence-corrected chi connectivity index (χ4v) is 5.72. The molecule has 0 unspecified atom stereocenters. The second-order valence-corrected chi connectivity index (χ2v) is 11.1. The monoisotopic (exact) mass is 511 g/mol. The minimum Gasteiger partial charge on any atom is -0.350 e. The van der Waals surface area contributed by atoms with E-state index in [0.29, 0.717) is 23.7 Å². The van der Waals surface area contributed by atoms with Gasteiger partial charge in [0, 0.05) is 13.1 Å². The van der Waals surface area contributed by atoms with E-state index in [-0.39, 0.29) is 10.9 Å². The average molecular weight is 513 g/mol. The van der Waals surface area contributed by atoms with Gasteiger partial charge in [0.05, 0.1) is 22.0 Å². The largest absolute Gasteiger partial charge is 0.350 e. The molecule has 2 aromatic rings. The Balaban J connectivity index is 1.77. The van der Waals surface area contributed by atoms with Gasteiger partial charge in [0.15, 0.2) is 0 Å². The maximum absolute atomic E-state index is 13.2. The van der Waals surface area contributed by atoms with Crippen LogP contribution in [0.25, 0.3) is 0 Å². The molecule has 0 saturated carbocycles. The summed E-state index contributed by atoms with van der Waals surface area (Å²) in [5.74, 6) is -0.359. The lowest BCUT2D eigenvalue weighted by molar-refractivity contribution is -0.122. The Bertz CT molecular complexity index is 1070. The molecule has 1 aliphatic rings. The van der Waals surface area contributed by atoms with Crippen LogP contribution in [0.1, 0.15) is 43.7 Å². The van der Waals surface area contributed by atoms with Crippen molar-refractivity contribution in [1.82, 2.24) is 10.2 Å². The minimum atomic E-state index is -3.75. The zero-order chi connectivity index (χ0) is 24.0. The van der Waals surface area contributed by atoms with E-state index in [1.54, 1.807) is 13.0 Å². The maximum Gasteiger partial charge on any atom is 0.244 e. The van der Waals surface area contributed by atoms with Crippen LogP contribution in [0.2, 0.25) is 10.0 Å². The van der Waals surface area contributed by atoms with Crippen molar-refractivity contribution < 1.29 is 13.2 Å². The second kappa shape index (κ2) is 11.6. The van der Waals surface area contributed by atoms with E-state index in [2.05, 4.69) is 16.3 Å². The number of likely N-dealkylation sites (tertiary alicyclic amines) is 1. The highest BCUT2D eigenvalue weighted by Crippen LogP contribution is 2.30. The topological polar surface area (TPSA) is 69.7 Å². The molecule has 0 aromatic heterocycles. The Labute approximate surface area is 206 Å². The predicted octanol–water partition coefficient (Wildman–Crippen LogP) is 4.84. The van der Waals surface area contributed by atoms with Crippen molar-refractivity contribution in [3.8, 4) is 0 Å². The molecule has 9 heteroatoms. The first-order valence-corrected chi connectivity index (χ1v) is 13.8. The SMILES string of the molecule is CC[C@H](C(=O)NCc1ccccc1CN1CCCCC1)N(c1ccc(Cl)c(Cl)c1)S(C)(=O)=O. The highest BCUT2D eigenvalue weighted by Gasteiger charge is 2.31. The first-order valence-electron chi connectivity index (χ1n) is 11.2. The van der Waals surface area contributed by atoms with Crippen LogP contribution in [-0.4, -0.2) is 44.6 Å². The molecule has 6 nitrogen and oxygen atoms in total. The van der Waals surface area contributed by atoms with E-state index in [1.165, 1.54) is 37.0 Å². The normalized spacial score (nSPS) is 15.8. The summed E-state index contributed by atoms with van der Waals surface area (Å²) in [5.41, 5.74) is 2.52. The van der Waals surface area contributed by atoms with Crippen LogP contribution in [0.3, 0.4) is 0 Å². The third-order valence-electron chi connectivity index (χ3n) is 5.90. The summed E-state index contributed by atoms with van der Waals surface area (Å²) in [5, 5.41) is 3.50. The van der Waals surface area contributed by atoms with Gasteiger partial charge in [0.2, 0.25) is 15.9 Å². The molecule has 0 radical (unpaired) electrons. The van der Waals surface area contributed by atoms with Gasteiger partial charge in [-0.2, -0.15) is 0 Å². The Morgan fingerprint density at radius 2 is 1.73 bits per heavy atom. The molecule has 1 N–H and O–H groups in total. The molecule has 180 valence electrons. The number of sulfonamides is 1. The summed E-state index contributed by atoms with van der Waals surface area (Å²) in [4.78, 5) is 15.6. The molecule has 1 heterocycles. The standard InChI is InChI=1S/C24H31Cl2N3O3S/c1-3-23(29(33(2,31)32)20-11-12-21(25)22(26)15-20)24(30)27-16-18-9-5-6-10-19(18)17-28-13-7-4-8-14-28/h5-6,9-12,15,23H,3-4,7-8,13-14,16-17H2,1-2H3,(H,27,30)/t23-/m1/s1. The molecular formula is C24H31Cl2N3O3S. The molecule has 0 spiro atoms. The van der Waals surface area contributed by atoms with E-state index in [4.69, 9.17) is 23.2 Å². The van der Waals surface area contributed by atoms with Gasteiger partial charge in [-0.3, -0.25) is 14.0 Å². The number of hydrogen-bond acceptors (Lipinski definition) is 4. The molecule has 1 fully saturated rings. The minimum absolute atomic E-state index is 0.227. The number of nitrogens with zero attached hydrogens (tertiary/aromatic N) is 2. The van der Waals surface area contributed by atoms with Crippen molar-refractivity contribution in [1.29, 1.82) is 0 Å². The van der Waals surface area contributed by atoms with Gasteiger partial charge >= 0.3 is 0 Å². The Kier molecular flexibility index (Phi) is 9.04. The molecule has 3 rings (SSSR count). The number of hydrogen-bond donors (Lipinski definition) is 1. The van der Waals surface area contributed by atoms with Crippen LogP contribution in [-0.2, 0) is 27.9 Å². The Morgan fingerprint density at radius 3 is 2.33 bits per heavy atom. The van der Waals surface area contributed by atoms with Crippen molar-refractivity contribution in [2.24, 2.45) is 0 Å². The van der Waals surface area contributed by atoms with Gasteiger partial charge in [-0.15, -0.1) is 0 Å². The number of amides is 1. The fourth-order valence-electron chi connectivity index (χ4n) is 4.23. The van der Waals surface area contributed by atoms with E-state index in [1.807, 2.05) is 18.2 Å². The number of rotatable bonds is 9. The van der Waals surface area contributed by atoms with Crippen molar-refractivity contribution in [3.05, 3.63) is 63.6 Å². The number of carbonyl (C=O) groups excluding carboxylic acids is 1. The molecule has 33 heavy (non-hydrogen) atoms. The van der Waals surface area contributed by atoms with Crippen LogP contribution < -0.4 is 9.62 Å². The van der Waals surface area contributed by atoms with Crippen molar-refractivity contribution in [3.63, 3.8) is 0 Å². The van der Waals surface area contributed by atoms with Crippen molar-refractivity contribution >= 4 is 44.8 Å². The number of carbonyl (C=O) groups is 1. The first kappa shape index (κ1) is 25.8. The van der Waals surface area contributed by atoms with Crippen LogP contribution >= 0.6 is 23.2 Å². The molecule has 0 bridgehead atoms. The van der Waals surface area contributed by atoms with Gasteiger partial charge in [-0.1, -0.05) is 60.8 Å². The van der Waals surface area contributed by atoms with Gasteiger partial charge in [0.1, 0.15) is 6.04 Å². The van der Waals surface area contributed by atoms with Crippen LogP contribution in [0.5, 0.6) is 0 Å². The zero-order valence-electron chi connectivity index (χ0n) is 19.1. The lowest BCUT2D eigenvalue weighted by Gasteiger charge is -2.30. The first-order chi connectivity index (χ1) is 15.7. The lowest BCUT2D eigenvalue weighted by Crippen LogP contribution is -2.49. The zero-order valence-corrected chi connectivity index (χ0v) is 21.4. The molecule has 0 aliphatic carbocycles. The number of benzene rings is 2. The summed E-state index contributed by atoms with van der Waals surface area (Å²) in [7, 11) is -3.75. The fraction of sp³-hybridized carbons (Fsp3) is 0.458. The predicted molar refractivity (Wildman–Crippen MR) is 135 cm³/mol. The number of nitrogens with one attached hydrogen (secondary N) is 1. The Morgan fingerprint density at radius 1 is 1.06 bits per heavy atom. The van der Waals surface area contributed by atoms with Gasteiger partial charge in [0.25, 0.3) is 0 Å². The summed E-state index contributed by atoms with van der Waals surface area (Å²) in [6.07, 6.45) is 5.09. The number of halogens is 2. The van der Waals surface area contributed by atoms with Gasteiger partial charge < -0.3 is 5.32 Å². The Hall–Kier alpha value is -1.80. The van der Waals surface area contributed by atoms with Gasteiger partial charge in [-0.05, 0) is 61.7 Å². The summed E-state index contributed by atoms with van der Waals surface area (Å²) in [6.45, 7) is 5.14.